The van der Waals surface area contributed by atoms with E-state index in [2.05, 4.69) is 0 Å². The van der Waals surface area contributed by atoms with Crippen molar-refractivity contribution in [2.75, 3.05) is 6.61 Å². The van der Waals surface area contributed by atoms with E-state index in [1.165, 1.54) is 6.07 Å². The number of ketones is 1. The molecule has 2 aliphatic heterocycles. The molecule has 1 saturated heterocycles. The minimum atomic E-state index is -1.55. The van der Waals surface area contributed by atoms with Crippen molar-refractivity contribution in [3.8, 4) is 23.0 Å². The summed E-state index contributed by atoms with van der Waals surface area (Å²) in [6.07, 6.45) is -7.63. The van der Waals surface area contributed by atoms with Crippen molar-refractivity contribution in [2.45, 2.75) is 43.2 Å². The van der Waals surface area contributed by atoms with Crippen LogP contribution < -0.4 is 9.47 Å². The molecule has 0 bridgehead atoms. The molecule has 2 aliphatic rings. The molecule has 10 heteroatoms. The second-order valence-corrected chi connectivity index (χ2v) is 7.46. The number of Topliss-reactive ketones (excluding diaryl/α,β-unsaturated/α-hetero) is 1. The molecule has 6 unspecified atom stereocenters. The van der Waals surface area contributed by atoms with Crippen molar-refractivity contribution in [2.24, 2.45) is 0 Å². The zero-order valence-electron chi connectivity index (χ0n) is 16.2. The van der Waals surface area contributed by atoms with Crippen LogP contribution in [-0.4, -0.2) is 73.7 Å². The van der Waals surface area contributed by atoms with Gasteiger partial charge in [0.25, 0.3) is 0 Å². The molecule has 6 N–H and O–H groups in total. The van der Waals surface area contributed by atoms with Crippen LogP contribution in [0.1, 0.15) is 28.4 Å². The second kappa shape index (κ2) is 8.33. The maximum Gasteiger partial charge on any atom is 0.229 e. The number of fused-ring (bicyclic) bond motifs is 1. The van der Waals surface area contributed by atoms with Gasteiger partial charge in [0.1, 0.15) is 59.1 Å². The van der Waals surface area contributed by atoms with Crippen molar-refractivity contribution in [1.82, 2.24) is 0 Å². The van der Waals surface area contributed by atoms with E-state index < -0.39 is 43.4 Å². The van der Waals surface area contributed by atoms with Crippen molar-refractivity contribution in [3.05, 3.63) is 47.5 Å². The number of rotatable bonds is 4. The maximum atomic E-state index is 12.4. The number of benzene rings is 2. The first kappa shape index (κ1) is 21.3. The van der Waals surface area contributed by atoms with Gasteiger partial charge in [0, 0.05) is 12.1 Å². The summed E-state index contributed by atoms with van der Waals surface area (Å²) in [6, 6.07) is 8.68. The van der Waals surface area contributed by atoms with E-state index in [4.69, 9.17) is 14.2 Å². The third-order valence-corrected chi connectivity index (χ3v) is 5.34. The fourth-order valence-electron chi connectivity index (χ4n) is 3.67. The Hall–Kier alpha value is -2.89. The molecule has 0 aromatic heterocycles. The number of aromatic hydroxyl groups is 2. The molecule has 2 aromatic carbocycles. The number of aliphatic hydroxyl groups is 4. The normalized spacial score (nSPS) is 30.4. The first-order valence-electron chi connectivity index (χ1n) is 9.61. The lowest BCUT2D eigenvalue weighted by Crippen LogP contribution is -2.60. The Morgan fingerprint density at radius 3 is 2.39 bits per heavy atom. The van der Waals surface area contributed by atoms with Crippen LogP contribution in [0.5, 0.6) is 23.0 Å². The first-order valence-corrected chi connectivity index (χ1v) is 9.61. The van der Waals surface area contributed by atoms with E-state index in [9.17, 15) is 35.4 Å². The third kappa shape index (κ3) is 4.03. The second-order valence-electron chi connectivity index (χ2n) is 7.46. The predicted octanol–water partition coefficient (Wildman–Crippen LogP) is -0.0170. The fourth-order valence-corrected chi connectivity index (χ4v) is 3.67. The summed E-state index contributed by atoms with van der Waals surface area (Å²) >= 11 is 0. The van der Waals surface area contributed by atoms with Gasteiger partial charge in [0.15, 0.2) is 5.78 Å². The molecule has 2 aromatic rings. The van der Waals surface area contributed by atoms with E-state index in [1.807, 2.05) is 0 Å². The molecular weight excluding hydrogens is 412 g/mol. The van der Waals surface area contributed by atoms with Crippen LogP contribution in [0.4, 0.5) is 0 Å². The van der Waals surface area contributed by atoms with Gasteiger partial charge in [0.2, 0.25) is 6.29 Å². The highest BCUT2D eigenvalue weighted by Gasteiger charge is 2.44. The Bertz CT molecular complexity index is 957. The van der Waals surface area contributed by atoms with Gasteiger partial charge < -0.3 is 44.8 Å². The zero-order chi connectivity index (χ0) is 22.3. The Labute approximate surface area is 176 Å². The van der Waals surface area contributed by atoms with E-state index in [1.54, 1.807) is 24.3 Å². The van der Waals surface area contributed by atoms with Crippen molar-refractivity contribution in [3.63, 3.8) is 0 Å². The van der Waals surface area contributed by atoms with Gasteiger partial charge in [-0.25, -0.2) is 0 Å². The Kier molecular flexibility index (Phi) is 5.73. The van der Waals surface area contributed by atoms with Crippen LogP contribution in [0.25, 0.3) is 0 Å². The third-order valence-electron chi connectivity index (χ3n) is 5.34. The van der Waals surface area contributed by atoms with E-state index in [0.717, 1.165) is 6.07 Å². The molecule has 31 heavy (non-hydrogen) atoms. The van der Waals surface area contributed by atoms with Gasteiger partial charge in [-0.15, -0.1) is 0 Å². The van der Waals surface area contributed by atoms with Crippen LogP contribution in [-0.2, 0) is 4.74 Å². The van der Waals surface area contributed by atoms with Crippen LogP contribution >= 0.6 is 0 Å². The molecule has 0 saturated carbocycles. The number of hydrogen-bond donors (Lipinski definition) is 6. The Morgan fingerprint density at radius 1 is 1.00 bits per heavy atom. The van der Waals surface area contributed by atoms with E-state index in [0.29, 0.717) is 5.56 Å². The van der Waals surface area contributed by atoms with Crippen LogP contribution in [0, 0.1) is 0 Å². The summed E-state index contributed by atoms with van der Waals surface area (Å²) in [5, 5.41) is 58.5. The largest absolute Gasteiger partial charge is 0.508 e. The molecule has 0 radical (unpaired) electrons. The highest BCUT2D eigenvalue weighted by Crippen LogP contribution is 2.41. The highest BCUT2D eigenvalue weighted by atomic mass is 16.7. The number of carbonyl (C=O) groups excluding carboxylic acids is 1. The molecule has 0 spiro atoms. The average Bonchev–Trinajstić information content (AvgIpc) is 2.73. The molecule has 10 nitrogen and oxygen atoms in total. The first-order chi connectivity index (χ1) is 14.8. The van der Waals surface area contributed by atoms with Gasteiger partial charge in [-0.2, -0.15) is 0 Å². The number of phenols is 2. The monoisotopic (exact) mass is 434 g/mol. The number of hydrogen-bond acceptors (Lipinski definition) is 10. The minimum absolute atomic E-state index is 0.0156. The standard InChI is InChI=1S/C21H22O10/c22-8-16-18(26)19(27)20(28)21(31-16)29-11-3-1-9(2-4-11)14-7-13(25)17-12(24)5-10(23)6-15(17)30-14/h1-6,14,16,18-24,26-28H,7-8H2. The van der Waals surface area contributed by atoms with E-state index in [-0.39, 0.29) is 40.8 Å². The SMILES string of the molecule is O=C1CC(c2ccc(OC3OC(CO)C(O)C(O)C3O)cc2)Oc2cc(O)cc(O)c21. The summed E-state index contributed by atoms with van der Waals surface area (Å²) in [6.45, 7) is -0.566. The average molecular weight is 434 g/mol. The van der Waals surface area contributed by atoms with Crippen LogP contribution in [0.15, 0.2) is 36.4 Å². The van der Waals surface area contributed by atoms with Crippen molar-refractivity contribution >= 4 is 5.78 Å². The summed E-state index contributed by atoms with van der Waals surface area (Å²) in [4.78, 5) is 12.4. The molecule has 6 atom stereocenters. The van der Waals surface area contributed by atoms with Crippen molar-refractivity contribution in [1.29, 1.82) is 0 Å². The van der Waals surface area contributed by atoms with Gasteiger partial charge in [0.05, 0.1) is 13.0 Å². The lowest BCUT2D eigenvalue weighted by Gasteiger charge is -2.39. The molecule has 166 valence electrons. The summed E-state index contributed by atoms with van der Waals surface area (Å²) in [5.74, 6) is -0.550. The van der Waals surface area contributed by atoms with Crippen LogP contribution in [0.2, 0.25) is 0 Å². The number of phenolic OH excluding ortho intramolecular Hbond substituents is 2. The van der Waals surface area contributed by atoms with Gasteiger partial charge in [-0.1, -0.05) is 12.1 Å². The highest BCUT2D eigenvalue weighted by molar-refractivity contribution is 6.02. The molecule has 1 fully saturated rings. The number of aliphatic hydroxyl groups excluding tert-OH is 4. The van der Waals surface area contributed by atoms with Gasteiger partial charge in [-0.3, -0.25) is 4.79 Å². The lowest BCUT2D eigenvalue weighted by molar-refractivity contribution is -0.277. The van der Waals surface area contributed by atoms with Gasteiger partial charge >= 0.3 is 0 Å². The molecule has 0 amide bonds. The topological polar surface area (TPSA) is 166 Å². The number of ether oxygens (including phenoxy) is 3. The molecule has 0 aliphatic carbocycles. The fraction of sp³-hybridized carbons (Fsp3) is 0.381. The Morgan fingerprint density at radius 2 is 1.71 bits per heavy atom. The van der Waals surface area contributed by atoms with Crippen molar-refractivity contribution < 1.29 is 49.6 Å². The molecular formula is C21H22O10. The van der Waals surface area contributed by atoms with Crippen LogP contribution in [0.3, 0.4) is 0 Å². The molecule has 2 heterocycles. The molecule has 4 rings (SSSR count). The predicted molar refractivity (Wildman–Crippen MR) is 103 cm³/mol. The summed E-state index contributed by atoms with van der Waals surface area (Å²) in [7, 11) is 0. The maximum absolute atomic E-state index is 12.4. The lowest BCUT2D eigenvalue weighted by atomic mass is 9.95. The number of carbonyl (C=O) groups is 1. The quantitative estimate of drug-likeness (QED) is 0.385. The zero-order valence-corrected chi connectivity index (χ0v) is 16.2. The summed E-state index contributed by atoms with van der Waals surface area (Å²) < 4.78 is 16.6. The van der Waals surface area contributed by atoms with E-state index >= 15 is 0 Å². The smallest absolute Gasteiger partial charge is 0.229 e. The van der Waals surface area contributed by atoms with Gasteiger partial charge in [-0.05, 0) is 17.7 Å². The summed E-state index contributed by atoms with van der Waals surface area (Å²) in [5.41, 5.74) is 0.652. The minimum Gasteiger partial charge on any atom is -0.508 e. The Balaban J connectivity index is 1.48.